The van der Waals surface area contributed by atoms with E-state index in [1.165, 1.54) is 24.8 Å². The van der Waals surface area contributed by atoms with E-state index in [4.69, 9.17) is 12.3 Å². The number of benzene rings is 1. The molecule has 1 aromatic rings. The van der Waals surface area contributed by atoms with Gasteiger partial charge >= 0.3 is 0 Å². The summed E-state index contributed by atoms with van der Waals surface area (Å²) in [5, 5.41) is 0. The van der Waals surface area contributed by atoms with Gasteiger partial charge in [0.1, 0.15) is 0 Å². The number of nitrogen functional groups attached to an aromatic ring is 1. The fourth-order valence-corrected chi connectivity index (χ4v) is 2.79. The van der Waals surface area contributed by atoms with E-state index in [0.717, 1.165) is 24.1 Å². The highest BCUT2D eigenvalue weighted by molar-refractivity contribution is 5.47. The molecule has 0 aromatic heterocycles. The summed E-state index contributed by atoms with van der Waals surface area (Å²) < 4.78 is 0. The Hall–Kier alpha value is -1.49. The van der Waals surface area contributed by atoms with Gasteiger partial charge in [0, 0.05) is 24.1 Å². The third-order valence-corrected chi connectivity index (χ3v) is 3.65. The van der Waals surface area contributed by atoms with Crippen molar-refractivity contribution in [2.75, 3.05) is 5.73 Å². The minimum atomic E-state index is -0.268. The van der Waals surface area contributed by atoms with E-state index in [1.807, 2.05) is 18.2 Å². The topological polar surface area (TPSA) is 30.4 Å². The number of hydrogen-bond acceptors (Lipinski definition) is 1. The minimum Gasteiger partial charge on any atom is -0.399 e. The molecule has 0 aliphatic heterocycles. The van der Waals surface area contributed by atoms with Crippen molar-refractivity contribution in [3.05, 3.63) is 40.7 Å². The zero-order chi connectivity index (χ0) is 11.6. The second-order valence-corrected chi connectivity index (χ2v) is 4.78. The lowest BCUT2D eigenvalue weighted by Crippen LogP contribution is -2.26. The SMILES string of the molecule is [C-]#[N+]C1(c2ccc(N)cc2C)CCCCC1. The van der Waals surface area contributed by atoms with Gasteiger partial charge in [-0.1, -0.05) is 6.42 Å². The van der Waals surface area contributed by atoms with Gasteiger partial charge in [0.15, 0.2) is 0 Å². The number of hydrogen-bond donors (Lipinski definition) is 1. The molecule has 0 spiro atoms. The van der Waals surface area contributed by atoms with Crippen molar-refractivity contribution in [2.45, 2.75) is 44.6 Å². The van der Waals surface area contributed by atoms with Crippen LogP contribution in [-0.2, 0) is 5.54 Å². The second-order valence-electron chi connectivity index (χ2n) is 4.78. The Morgan fingerprint density at radius 3 is 2.50 bits per heavy atom. The van der Waals surface area contributed by atoms with E-state index >= 15 is 0 Å². The Morgan fingerprint density at radius 2 is 1.94 bits per heavy atom. The Kier molecular flexibility index (Phi) is 2.87. The van der Waals surface area contributed by atoms with E-state index < -0.39 is 0 Å². The van der Waals surface area contributed by atoms with Gasteiger partial charge in [-0.2, -0.15) is 0 Å². The molecule has 0 radical (unpaired) electrons. The van der Waals surface area contributed by atoms with Crippen molar-refractivity contribution in [3.63, 3.8) is 0 Å². The summed E-state index contributed by atoms with van der Waals surface area (Å²) in [7, 11) is 0. The quantitative estimate of drug-likeness (QED) is 0.561. The van der Waals surface area contributed by atoms with E-state index in [9.17, 15) is 0 Å². The molecule has 1 saturated carbocycles. The Labute approximate surface area is 97.3 Å². The van der Waals surface area contributed by atoms with Gasteiger partial charge in [0.25, 0.3) is 5.54 Å². The van der Waals surface area contributed by atoms with Gasteiger partial charge in [-0.05, 0) is 43.5 Å². The molecule has 1 aromatic carbocycles. The average molecular weight is 214 g/mol. The number of anilines is 1. The van der Waals surface area contributed by atoms with Crippen molar-refractivity contribution >= 4 is 5.69 Å². The number of nitrogens with two attached hydrogens (primary N) is 1. The summed E-state index contributed by atoms with van der Waals surface area (Å²) >= 11 is 0. The van der Waals surface area contributed by atoms with Crippen molar-refractivity contribution in [1.82, 2.24) is 0 Å². The Balaban J connectivity index is 2.44. The maximum Gasteiger partial charge on any atom is 0.257 e. The molecule has 1 fully saturated rings. The van der Waals surface area contributed by atoms with Crippen LogP contribution in [0.2, 0.25) is 0 Å². The second kappa shape index (κ2) is 4.17. The highest BCUT2D eigenvalue weighted by Crippen LogP contribution is 2.42. The summed E-state index contributed by atoms with van der Waals surface area (Å²) in [6.45, 7) is 9.59. The molecule has 16 heavy (non-hydrogen) atoms. The molecule has 2 heteroatoms. The van der Waals surface area contributed by atoms with Crippen LogP contribution < -0.4 is 5.73 Å². The first kappa shape index (κ1) is 11.0. The predicted molar refractivity (Wildman–Crippen MR) is 67.0 cm³/mol. The third-order valence-electron chi connectivity index (χ3n) is 3.65. The summed E-state index contributed by atoms with van der Waals surface area (Å²) in [5.74, 6) is 0. The highest BCUT2D eigenvalue weighted by Gasteiger charge is 2.41. The molecule has 2 N–H and O–H groups in total. The van der Waals surface area contributed by atoms with Crippen molar-refractivity contribution < 1.29 is 0 Å². The summed E-state index contributed by atoms with van der Waals surface area (Å²) in [6, 6.07) is 5.95. The smallest absolute Gasteiger partial charge is 0.257 e. The van der Waals surface area contributed by atoms with Crippen LogP contribution in [0.5, 0.6) is 0 Å². The predicted octanol–water partition coefficient (Wildman–Crippen LogP) is 3.66. The van der Waals surface area contributed by atoms with Gasteiger partial charge in [0.2, 0.25) is 0 Å². The maximum atomic E-state index is 7.53. The van der Waals surface area contributed by atoms with Crippen molar-refractivity contribution in [1.29, 1.82) is 0 Å². The van der Waals surface area contributed by atoms with Crippen LogP contribution in [0.3, 0.4) is 0 Å². The highest BCUT2D eigenvalue weighted by atomic mass is 14.8. The van der Waals surface area contributed by atoms with Crippen LogP contribution in [0.4, 0.5) is 5.69 Å². The van der Waals surface area contributed by atoms with Crippen LogP contribution in [0, 0.1) is 13.5 Å². The summed E-state index contributed by atoms with van der Waals surface area (Å²) in [6.07, 6.45) is 5.62. The zero-order valence-corrected chi connectivity index (χ0v) is 9.79. The maximum absolute atomic E-state index is 7.53. The van der Waals surface area contributed by atoms with Gasteiger partial charge < -0.3 is 10.6 Å². The van der Waals surface area contributed by atoms with E-state index in [2.05, 4.69) is 11.8 Å². The van der Waals surface area contributed by atoms with Crippen LogP contribution >= 0.6 is 0 Å². The lowest BCUT2D eigenvalue weighted by atomic mass is 9.76. The van der Waals surface area contributed by atoms with Crippen LogP contribution in [0.15, 0.2) is 18.2 Å². The van der Waals surface area contributed by atoms with Gasteiger partial charge in [-0.3, -0.25) is 0 Å². The van der Waals surface area contributed by atoms with Crippen LogP contribution in [0.1, 0.15) is 43.2 Å². The van der Waals surface area contributed by atoms with E-state index in [1.54, 1.807) is 0 Å². The molecular weight excluding hydrogens is 196 g/mol. The molecule has 0 amide bonds. The number of nitrogens with zero attached hydrogens (tertiary/aromatic N) is 1. The van der Waals surface area contributed by atoms with Gasteiger partial charge in [-0.15, -0.1) is 0 Å². The molecule has 1 aliphatic carbocycles. The molecule has 1 aliphatic rings. The molecule has 2 rings (SSSR count). The summed E-state index contributed by atoms with van der Waals surface area (Å²) in [5.41, 5.74) is 8.64. The lowest BCUT2D eigenvalue weighted by molar-refractivity contribution is 0.353. The monoisotopic (exact) mass is 214 g/mol. The first-order valence-corrected chi connectivity index (χ1v) is 5.93. The largest absolute Gasteiger partial charge is 0.399 e. The molecule has 84 valence electrons. The normalized spacial score (nSPS) is 19.0. The van der Waals surface area contributed by atoms with Crippen molar-refractivity contribution in [2.24, 2.45) is 0 Å². The Bertz CT molecular complexity index is 423. The van der Waals surface area contributed by atoms with Crippen molar-refractivity contribution in [3.8, 4) is 0 Å². The fraction of sp³-hybridized carbons (Fsp3) is 0.500. The number of rotatable bonds is 1. The number of aryl methyl sites for hydroxylation is 1. The van der Waals surface area contributed by atoms with Crippen LogP contribution in [-0.4, -0.2) is 0 Å². The molecule has 0 atom stereocenters. The van der Waals surface area contributed by atoms with E-state index in [0.29, 0.717) is 0 Å². The first-order valence-electron chi connectivity index (χ1n) is 5.93. The zero-order valence-electron chi connectivity index (χ0n) is 9.79. The molecular formula is C14H18N2. The van der Waals surface area contributed by atoms with Gasteiger partial charge in [0.05, 0.1) is 0 Å². The Morgan fingerprint density at radius 1 is 1.25 bits per heavy atom. The third kappa shape index (κ3) is 1.78. The van der Waals surface area contributed by atoms with Gasteiger partial charge in [-0.25, -0.2) is 6.57 Å². The summed E-state index contributed by atoms with van der Waals surface area (Å²) in [4.78, 5) is 3.95. The molecule has 0 unspecified atom stereocenters. The molecule has 0 saturated heterocycles. The molecule has 2 nitrogen and oxygen atoms in total. The lowest BCUT2D eigenvalue weighted by Gasteiger charge is -2.27. The average Bonchev–Trinajstić information content (AvgIpc) is 2.30. The first-order chi connectivity index (χ1) is 7.68. The molecule has 0 heterocycles. The molecule has 0 bridgehead atoms. The minimum absolute atomic E-state index is 0.268. The standard InChI is InChI=1S/C14H18N2/c1-11-10-12(15)6-7-13(11)14(16-2)8-4-3-5-9-14/h6-7,10H,3-5,8-9,15H2,1H3. The van der Waals surface area contributed by atoms with E-state index in [-0.39, 0.29) is 5.54 Å². The van der Waals surface area contributed by atoms with Crippen LogP contribution in [0.25, 0.3) is 4.85 Å². The fourth-order valence-electron chi connectivity index (χ4n) is 2.79.